The number of hydrogen-bond acceptors (Lipinski definition) is 1. The molecule has 2 aromatic rings. The molecule has 21 heavy (non-hydrogen) atoms. The third kappa shape index (κ3) is 5.01. The van der Waals surface area contributed by atoms with Crippen molar-refractivity contribution in [3.63, 3.8) is 0 Å². The fourth-order valence-electron chi connectivity index (χ4n) is 2.29. The van der Waals surface area contributed by atoms with Crippen molar-refractivity contribution in [3.8, 4) is 0 Å². The predicted molar refractivity (Wildman–Crippen MR) is 90.1 cm³/mol. The first-order valence-corrected chi connectivity index (χ1v) is 8.07. The molecule has 0 heterocycles. The number of rotatable bonds is 6. The van der Waals surface area contributed by atoms with Crippen LogP contribution >= 0.6 is 15.9 Å². The van der Waals surface area contributed by atoms with Crippen molar-refractivity contribution in [3.05, 3.63) is 70.2 Å². The summed E-state index contributed by atoms with van der Waals surface area (Å²) in [7, 11) is 0. The van der Waals surface area contributed by atoms with Crippen molar-refractivity contribution in [2.45, 2.75) is 32.2 Å². The van der Waals surface area contributed by atoms with E-state index in [-0.39, 0.29) is 11.9 Å². The first-order chi connectivity index (χ1) is 10.2. The molecule has 1 atom stereocenters. The van der Waals surface area contributed by atoms with Crippen molar-refractivity contribution >= 4 is 21.8 Å². The molecule has 2 aromatic carbocycles. The Morgan fingerprint density at radius 3 is 2.38 bits per heavy atom. The van der Waals surface area contributed by atoms with Crippen LogP contribution < -0.4 is 5.32 Å². The first-order valence-electron chi connectivity index (χ1n) is 7.27. The fraction of sp³-hybridized carbons (Fsp3) is 0.278. The third-order valence-electron chi connectivity index (χ3n) is 3.50. The second-order valence-electron chi connectivity index (χ2n) is 5.07. The van der Waals surface area contributed by atoms with E-state index < -0.39 is 0 Å². The molecule has 0 aromatic heterocycles. The van der Waals surface area contributed by atoms with E-state index in [0.717, 1.165) is 22.9 Å². The summed E-state index contributed by atoms with van der Waals surface area (Å²) in [5.74, 6) is 0.105. The Balaban J connectivity index is 1.89. The number of benzene rings is 2. The average molecular weight is 346 g/mol. The summed E-state index contributed by atoms with van der Waals surface area (Å²) in [5, 5.41) is 3.12. The molecule has 2 rings (SSSR count). The van der Waals surface area contributed by atoms with Crippen LogP contribution in [-0.2, 0) is 11.2 Å². The zero-order valence-corrected chi connectivity index (χ0v) is 13.8. The first kappa shape index (κ1) is 15.8. The predicted octanol–water partition coefficient (Wildman–Crippen LogP) is 4.65. The van der Waals surface area contributed by atoms with Crippen molar-refractivity contribution in [1.82, 2.24) is 5.32 Å². The summed E-state index contributed by atoms with van der Waals surface area (Å²) in [4.78, 5) is 12.1. The van der Waals surface area contributed by atoms with Crippen molar-refractivity contribution in [1.29, 1.82) is 0 Å². The molecule has 0 saturated heterocycles. The van der Waals surface area contributed by atoms with Crippen molar-refractivity contribution in [2.75, 3.05) is 0 Å². The van der Waals surface area contributed by atoms with Crippen LogP contribution in [0.2, 0.25) is 0 Å². The number of carbonyl (C=O) groups excluding carboxylic acids is 1. The van der Waals surface area contributed by atoms with E-state index in [1.54, 1.807) is 0 Å². The van der Waals surface area contributed by atoms with Gasteiger partial charge < -0.3 is 5.32 Å². The quantitative estimate of drug-likeness (QED) is 0.811. The topological polar surface area (TPSA) is 29.1 Å². The van der Waals surface area contributed by atoms with Crippen LogP contribution in [0.25, 0.3) is 0 Å². The Hall–Kier alpha value is -1.61. The Labute approximate surface area is 134 Å². The van der Waals surface area contributed by atoms with Gasteiger partial charge >= 0.3 is 0 Å². The highest BCUT2D eigenvalue weighted by Gasteiger charge is 2.12. The zero-order valence-electron chi connectivity index (χ0n) is 12.2. The SMILES string of the molecule is CC[C@@H](NC(=O)CCc1ccccc1)c1ccc(Br)cc1. The lowest BCUT2D eigenvalue weighted by Gasteiger charge is -2.17. The molecular weight excluding hydrogens is 326 g/mol. The highest BCUT2D eigenvalue weighted by molar-refractivity contribution is 9.10. The molecular formula is C18H20BrNO. The lowest BCUT2D eigenvalue weighted by Crippen LogP contribution is -2.28. The molecule has 2 nitrogen and oxygen atoms in total. The lowest BCUT2D eigenvalue weighted by atomic mass is 10.0. The number of hydrogen-bond donors (Lipinski definition) is 1. The van der Waals surface area contributed by atoms with Gasteiger partial charge in [0.15, 0.2) is 0 Å². The van der Waals surface area contributed by atoms with Gasteiger partial charge in [-0.1, -0.05) is 65.3 Å². The van der Waals surface area contributed by atoms with Crippen molar-refractivity contribution in [2.24, 2.45) is 0 Å². The Morgan fingerprint density at radius 1 is 1.10 bits per heavy atom. The summed E-state index contributed by atoms with van der Waals surface area (Å²) in [6.45, 7) is 2.09. The van der Waals surface area contributed by atoms with Crippen LogP contribution in [0.15, 0.2) is 59.1 Å². The van der Waals surface area contributed by atoms with Crippen LogP contribution in [0.1, 0.15) is 36.9 Å². The van der Waals surface area contributed by atoms with Gasteiger partial charge in [-0.15, -0.1) is 0 Å². The second kappa shape index (κ2) is 7.99. The zero-order chi connectivity index (χ0) is 15.1. The molecule has 0 fully saturated rings. The molecule has 0 aliphatic carbocycles. The number of nitrogens with one attached hydrogen (secondary N) is 1. The maximum Gasteiger partial charge on any atom is 0.220 e. The van der Waals surface area contributed by atoms with Crippen LogP contribution in [0.5, 0.6) is 0 Å². The Kier molecular flexibility index (Phi) is 6.00. The fourth-order valence-corrected chi connectivity index (χ4v) is 2.55. The standard InChI is InChI=1S/C18H20BrNO/c1-2-17(15-9-11-16(19)12-10-15)20-18(21)13-8-14-6-4-3-5-7-14/h3-7,9-12,17H,2,8,13H2,1H3,(H,20,21)/t17-/m1/s1. The monoisotopic (exact) mass is 345 g/mol. The normalized spacial score (nSPS) is 11.9. The van der Waals surface area contributed by atoms with E-state index in [4.69, 9.17) is 0 Å². The molecule has 0 radical (unpaired) electrons. The van der Waals surface area contributed by atoms with Gasteiger partial charge in [0.05, 0.1) is 6.04 Å². The van der Waals surface area contributed by atoms with E-state index in [9.17, 15) is 4.79 Å². The summed E-state index contributed by atoms with van der Waals surface area (Å²) in [6.07, 6.45) is 2.19. The Bertz CT molecular complexity index is 566. The number of aryl methyl sites for hydroxylation is 1. The van der Waals surface area contributed by atoms with Gasteiger partial charge in [0.2, 0.25) is 5.91 Å². The molecule has 3 heteroatoms. The Morgan fingerprint density at radius 2 is 1.76 bits per heavy atom. The maximum absolute atomic E-state index is 12.1. The molecule has 0 spiro atoms. The van der Waals surface area contributed by atoms with E-state index in [0.29, 0.717) is 6.42 Å². The number of carbonyl (C=O) groups is 1. The molecule has 1 amide bonds. The minimum absolute atomic E-state index is 0.0846. The van der Waals surface area contributed by atoms with Crippen molar-refractivity contribution < 1.29 is 4.79 Å². The van der Waals surface area contributed by atoms with Crippen LogP contribution in [0, 0.1) is 0 Å². The highest BCUT2D eigenvalue weighted by Crippen LogP contribution is 2.19. The van der Waals surface area contributed by atoms with Gasteiger partial charge in [-0.05, 0) is 36.1 Å². The second-order valence-corrected chi connectivity index (χ2v) is 5.98. The van der Waals surface area contributed by atoms with Gasteiger partial charge in [-0.3, -0.25) is 4.79 Å². The lowest BCUT2D eigenvalue weighted by molar-refractivity contribution is -0.121. The summed E-state index contributed by atoms with van der Waals surface area (Å²) in [5.41, 5.74) is 2.35. The maximum atomic E-state index is 12.1. The molecule has 0 unspecified atom stereocenters. The molecule has 0 aliphatic rings. The van der Waals surface area contributed by atoms with Gasteiger partial charge in [-0.25, -0.2) is 0 Å². The van der Waals surface area contributed by atoms with E-state index in [1.807, 2.05) is 30.3 Å². The van der Waals surface area contributed by atoms with Crippen LogP contribution in [-0.4, -0.2) is 5.91 Å². The average Bonchev–Trinajstić information content (AvgIpc) is 2.52. The molecule has 0 bridgehead atoms. The molecule has 1 N–H and O–H groups in total. The summed E-state index contributed by atoms with van der Waals surface area (Å²) >= 11 is 3.43. The van der Waals surface area contributed by atoms with Crippen LogP contribution in [0.3, 0.4) is 0 Å². The largest absolute Gasteiger partial charge is 0.349 e. The van der Waals surface area contributed by atoms with Gasteiger partial charge in [-0.2, -0.15) is 0 Å². The van der Waals surface area contributed by atoms with Gasteiger partial charge in [0.25, 0.3) is 0 Å². The summed E-state index contributed by atoms with van der Waals surface area (Å²) in [6, 6.07) is 18.3. The van der Waals surface area contributed by atoms with E-state index in [2.05, 4.69) is 52.4 Å². The number of halogens is 1. The summed E-state index contributed by atoms with van der Waals surface area (Å²) < 4.78 is 1.05. The van der Waals surface area contributed by atoms with Gasteiger partial charge in [0.1, 0.15) is 0 Å². The van der Waals surface area contributed by atoms with E-state index in [1.165, 1.54) is 5.56 Å². The smallest absolute Gasteiger partial charge is 0.220 e. The van der Waals surface area contributed by atoms with E-state index >= 15 is 0 Å². The van der Waals surface area contributed by atoms with Gasteiger partial charge in [0, 0.05) is 10.9 Å². The third-order valence-corrected chi connectivity index (χ3v) is 4.03. The molecule has 0 aliphatic heterocycles. The van der Waals surface area contributed by atoms with Crippen LogP contribution in [0.4, 0.5) is 0 Å². The minimum atomic E-state index is 0.0846. The molecule has 0 saturated carbocycles. The highest BCUT2D eigenvalue weighted by atomic mass is 79.9. The minimum Gasteiger partial charge on any atom is -0.349 e. The molecule has 110 valence electrons. The number of amides is 1.